The molecule has 0 spiro atoms. The Bertz CT molecular complexity index is 304. The SMILES string of the molecule is [CH2-]S(=O)(=O)c1ccccc1.[Na+]. The summed E-state index contributed by atoms with van der Waals surface area (Å²) < 4.78 is 21.4. The topological polar surface area (TPSA) is 34.1 Å². The molecule has 0 aliphatic rings. The van der Waals surface area contributed by atoms with Gasteiger partial charge in [0.2, 0.25) is 0 Å². The minimum Gasteiger partial charge on any atom is -0.258 e. The normalized spacial score (nSPS) is 10.3. The molecule has 0 aliphatic carbocycles. The maximum Gasteiger partial charge on any atom is 1.00 e. The molecule has 2 nitrogen and oxygen atoms in total. The third-order valence-electron chi connectivity index (χ3n) is 1.10. The van der Waals surface area contributed by atoms with Crippen LogP contribution in [-0.4, -0.2) is 8.42 Å². The van der Waals surface area contributed by atoms with Gasteiger partial charge in [-0.15, -0.1) is 0 Å². The average molecular weight is 178 g/mol. The van der Waals surface area contributed by atoms with Crippen LogP contribution in [0, 0.1) is 6.26 Å². The van der Waals surface area contributed by atoms with Crippen LogP contribution in [0.4, 0.5) is 0 Å². The average Bonchev–Trinajstić information content (AvgIpc) is 1.88. The van der Waals surface area contributed by atoms with Gasteiger partial charge in [-0.1, -0.05) is 18.2 Å². The number of hydrogen-bond acceptors (Lipinski definition) is 2. The van der Waals surface area contributed by atoms with Crippen molar-refractivity contribution in [2.45, 2.75) is 4.90 Å². The van der Waals surface area contributed by atoms with Gasteiger partial charge in [-0.25, -0.2) is 6.26 Å². The summed E-state index contributed by atoms with van der Waals surface area (Å²) in [5.41, 5.74) is 0. The van der Waals surface area contributed by atoms with Crippen molar-refractivity contribution in [3.05, 3.63) is 36.6 Å². The van der Waals surface area contributed by atoms with E-state index in [1.54, 1.807) is 18.2 Å². The van der Waals surface area contributed by atoms with Crippen molar-refractivity contribution in [3.8, 4) is 0 Å². The standard InChI is InChI=1S/C7H7O2S.Na/c1-10(8,9)7-5-3-2-4-6-7;/h2-6H,1H2;/q-1;+1. The third kappa shape index (κ3) is 3.38. The number of rotatable bonds is 1. The molecule has 0 bridgehead atoms. The Labute approximate surface area is 88.8 Å². The fraction of sp³-hybridized carbons (Fsp3) is 0. The van der Waals surface area contributed by atoms with Gasteiger partial charge in [0, 0.05) is 14.7 Å². The maximum atomic E-state index is 10.7. The predicted octanol–water partition coefficient (Wildman–Crippen LogP) is -1.74. The molecule has 0 unspecified atom stereocenters. The van der Waals surface area contributed by atoms with Gasteiger partial charge in [-0.05, 0) is 12.1 Å². The molecule has 0 aliphatic heterocycles. The second-order valence-corrected chi connectivity index (χ2v) is 3.63. The Morgan fingerprint density at radius 1 is 1.09 bits per heavy atom. The summed E-state index contributed by atoms with van der Waals surface area (Å²) in [7, 11) is -3.25. The fourth-order valence-electron chi connectivity index (χ4n) is 0.628. The Hall–Kier alpha value is 0.170. The van der Waals surface area contributed by atoms with Crippen LogP contribution in [0.2, 0.25) is 0 Å². The van der Waals surface area contributed by atoms with E-state index in [9.17, 15) is 8.42 Å². The Kier molecular flexibility index (Phi) is 4.32. The van der Waals surface area contributed by atoms with Gasteiger partial charge in [-0.2, -0.15) is 0 Å². The smallest absolute Gasteiger partial charge is 0.258 e. The molecule has 1 aromatic carbocycles. The van der Waals surface area contributed by atoms with Crippen molar-refractivity contribution in [2.24, 2.45) is 0 Å². The zero-order valence-electron chi connectivity index (χ0n) is 6.32. The van der Waals surface area contributed by atoms with Crippen molar-refractivity contribution in [1.82, 2.24) is 0 Å². The van der Waals surface area contributed by atoms with Crippen LogP contribution in [0.1, 0.15) is 0 Å². The molecule has 54 valence electrons. The van der Waals surface area contributed by atoms with E-state index in [0.29, 0.717) is 0 Å². The number of benzene rings is 1. The van der Waals surface area contributed by atoms with Gasteiger partial charge in [0.15, 0.2) is 0 Å². The van der Waals surface area contributed by atoms with Crippen LogP contribution in [0.25, 0.3) is 0 Å². The summed E-state index contributed by atoms with van der Waals surface area (Å²) in [5, 5.41) is 0. The summed E-state index contributed by atoms with van der Waals surface area (Å²) in [6.07, 6.45) is 3.01. The van der Waals surface area contributed by atoms with E-state index in [2.05, 4.69) is 6.26 Å². The van der Waals surface area contributed by atoms with E-state index >= 15 is 0 Å². The van der Waals surface area contributed by atoms with Crippen LogP contribution in [-0.2, 0) is 9.84 Å². The monoisotopic (exact) mass is 178 g/mol. The van der Waals surface area contributed by atoms with Crippen molar-refractivity contribution < 1.29 is 38.0 Å². The summed E-state index contributed by atoms with van der Waals surface area (Å²) in [6, 6.07) is 8.12. The van der Waals surface area contributed by atoms with Gasteiger partial charge in [0.25, 0.3) is 0 Å². The van der Waals surface area contributed by atoms with Crippen LogP contribution < -0.4 is 29.6 Å². The Balaban J connectivity index is 0.000001000. The van der Waals surface area contributed by atoms with E-state index in [-0.39, 0.29) is 34.5 Å². The molecule has 4 heteroatoms. The molecular weight excluding hydrogens is 171 g/mol. The van der Waals surface area contributed by atoms with Crippen LogP contribution in [0.3, 0.4) is 0 Å². The van der Waals surface area contributed by atoms with Gasteiger partial charge >= 0.3 is 29.6 Å². The van der Waals surface area contributed by atoms with Gasteiger partial charge in [0.1, 0.15) is 0 Å². The third-order valence-corrected chi connectivity index (χ3v) is 2.09. The minimum atomic E-state index is -3.25. The van der Waals surface area contributed by atoms with Crippen LogP contribution in [0.5, 0.6) is 0 Å². The van der Waals surface area contributed by atoms with E-state index in [1.807, 2.05) is 0 Å². The summed E-state index contributed by atoms with van der Waals surface area (Å²) in [5.74, 6) is 0. The quantitative estimate of drug-likeness (QED) is 0.378. The van der Waals surface area contributed by atoms with E-state index in [4.69, 9.17) is 0 Å². The van der Waals surface area contributed by atoms with Crippen molar-refractivity contribution in [3.63, 3.8) is 0 Å². The van der Waals surface area contributed by atoms with E-state index < -0.39 is 9.84 Å². The van der Waals surface area contributed by atoms with Gasteiger partial charge in [0.05, 0.1) is 0 Å². The first-order valence-corrected chi connectivity index (χ1v) is 4.39. The molecule has 11 heavy (non-hydrogen) atoms. The zero-order chi connectivity index (χ0) is 7.61. The minimum absolute atomic E-state index is 0. The predicted molar refractivity (Wildman–Crippen MR) is 39.0 cm³/mol. The molecule has 0 N–H and O–H groups in total. The number of hydrogen-bond donors (Lipinski definition) is 0. The molecule has 0 saturated heterocycles. The molecule has 0 saturated carbocycles. The van der Waals surface area contributed by atoms with Crippen LogP contribution >= 0.6 is 0 Å². The van der Waals surface area contributed by atoms with E-state index in [0.717, 1.165) is 0 Å². The van der Waals surface area contributed by atoms with Crippen molar-refractivity contribution >= 4 is 9.84 Å². The first-order chi connectivity index (χ1) is 4.61. The zero-order valence-corrected chi connectivity index (χ0v) is 9.14. The molecule has 0 fully saturated rings. The molecule has 0 heterocycles. The summed E-state index contributed by atoms with van der Waals surface area (Å²) in [6.45, 7) is 0. The molecule has 0 amide bonds. The fourth-order valence-corrected chi connectivity index (χ4v) is 1.20. The maximum absolute atomic E-state index is 10.7. The molecule has 1 aromatic rings. The first-order valence-electron chi connectivity index (χ1n) is 2.74. The molecule has 0 aromatic heterocycles. The summed E-state index contributed by atoms with van der Waals surface area (Å²) >= 11 is 0. The largest absolute Gasteiger partial charge is 1.00 e. The molecular formula is C7H7NaO2S. The second-order valence-electron chi connectivity index (χ2n) is 1.93. The van der Waals surface area contributed by atoms with Gasteiger partial charge < -0.3 is 0 Å². The van der Waals surface area contributed by atoms with E-state index in [1.165, 1.54) is 12.1 Å². The molecule has 1 rings (SSSR count). The summed E-state index contributed by atoms with van der Waals surface area (Å²) in [4.78, 5) is 0.259. The van der Waals surface area contributed by atoms with Crippen molar-refractivity contribution in [1.29, 1.82) is 0 Å². The Morgan fingerprint density at radius 3 is 1.82 bits per heavy atom. The molecule has 0 radical (unpaired) electrons. The van der Waals surface area contributed by atoms with Gasteiger partial charge in [-0.3, -0.25) is 8.42 Å². The van der Waals surface area contributed by atoms with Crippen molar-refractivity contribution in [2.75, 3.05) is 0 Å². The Morgan fingerprint density at radius 2 is 1.55 bits per heavy atom. The number of sulfone groups is 1. The molecule has 0 atom stereocenters. The van der Waals surface area contributed by atoms with Crippen LogP contribution in [0.15, 0.2) is 35.2 Å². The second kappa shape index (κ2) is 4.26. The first kappa shape index (κ1) is 11.2.